The van der Waals surface area contributed by atoms with Gasteiger partial charge in [0.25, 0.3) is 0 Å². The minimum Gasteiger partial charge on any atom is -0.456 e. The van der Waals surface area contributed by atoms with Crippen LogP contribution < -0.4 is 16.0 Å². The van der Waals surface area contributed by atoms with E-state index in [1.165, 1.54) is 69.9 Å². The lowest BCUT2D eigenvalue weighted by Gasteiger charge is -2.39. The summed E-state index contributed by atoms with van der Waals surface area (Å²) < 4.78 is 11.6. The van der Waals surface area contributed by atoms with Crippen LogP contribution in [0.5, 0.6) is 0 Å². The first-order valence-electron chi connectivity index (χ1n) is 19.5. The first-order chi connectivity index (χ1) is 28.2. The van der Waals surface area contributed by atoms with Gasteiger partial charge in [-0.2, -0.15) is 0 Å². The van der Waals surface area contributed by atoms with E-state index in [4.69, 9.17) is 4.42 Å². The Kier molecular flexibility index (Phi) is 7.46. The number of hydrogen-bond donors (Lipinski definition) is 3. The van der Waals surface area contributed by atoms with Crippen LogP contribution in [0.4, 0.5) is 0 Å². The van der Waals surface area contributed by atoms with Gasteiger partial charge >= 0.3 is 0 Å². The smallest absolute Gasteiger partial charge is 0.136 e. The first-order valence-corrected chi connectivity index (χ1v) is 20.3. The lowest BCUT2D eigenvalue weighted by molar-refractivity contribution is 0.203. The molecule has 1 fully saturated rings. The number of hydrogen-bond acceptors (Lipinski definition) is 5. The maximum absolute atomic E-state index is 6.64. The predicted molar refractivity (Wildman–Crippen MR) is 237 cm³/mol. The molecule has 1 aliphatic rings. The molecule has 0 radical (unpaired) electrons. The SMILES string of the molecule is c1ccc(C2NC(c3ccccc3)NC(c3ccc4c(c3)oc3cccc(-c5ccc6c(c5)sc5ccc(-n7c8ccccc8c8ccccc87)cc56)c34)N2)cc1. The van der Waals surface area contributed by atoms with Crippen molar-refractivity contribution < 1.29 is 4.42 Å². The third kappa shape index (κ3) is 5.34. The van der Waals surface area contributed by atoms with Crippen LogP contribution >= 0.6 is 11.3 Å². The van der Waals surface area contributed by atoms with E-state index in [-0.39, 0.29) is 18.5 Å². The summed E-state index contributed by atoms with van der Waals surface area (Å²) in [5, 5.41) is 18.8. The van der Waals surface area contributed by atoms with Crippen molar-refractivity contribution >= 4 is 75.3 Å². The van der Waals surface area contributed by atoms with Crippen molar-refractivity contribution in [3.8, 4) is 16.8 Å². The number of thiophene rings is 1. The molecule has 0 spiro atoms. The zero-order chi connectivity index (χ0) is 37.5. The van der Waals surface area contributed by atoms with Crippen LogP contribution in [0, 0.1) is 0 Å². The van der Waals surface area contributed by atoms with Crippen LogP contribution in [-0.2, 0) is 0 Å². The van der Waals surface area contributed by atoms with Gasteiger partial charge in [0, 0.05) is 47.4 Å². The highest BCUT2D eigenvalue weighted by Gasteiger charge is 2.30. The van der Waals surface area contributed by atoms with Crippen molar-refractivity contribution in [1.29, 1.82) is 0 Å². The summed E-state index contributed by atoms with van der Waals surface area (Å²) in [4.78, 5) is 0. The van der Waals surface area contributed by atoms with Crippen LogP contribution in [0.15, 0.2) is 186 Å². The number of nitrogens with one attached hydrogen (secondary N) is 3. The summed E-state index contributed by atoms with van der Waals surface area (Å²) in [6, 6.07) is 65.5. The molecule has 3 N–H and O–H groups in total. The van der Waals surface area contributed by atoms with Crippen molar-refractivity contribution in [3.05, 3.63) is 199 Å². The second kappa shape index (κ2) is 13.0. The Labute approximate surface area is 332 Å². The average Bonchev–Trinajstić information content (AvgIpc) is 3.95. The van der Waals surface area contributed by atoms with Gasteiger partial charge in [-0.25, -0.2) is 0 Å². The van der Waals surface area contributed by atoms with Gasteiger partial charge in [-0.1, -0.05) is 133 Å². The number of para-hydroxylation sites is 2. The number of benzene rings is 8. The minimum absolute atomic E-state index is 0.0373. The third-order valence-electron chi connectivity index (χ3n) is 11.7. The van der Waals surface area contributed by atoms with Crippen molar-refractivity contribution in [1.82, 2.24) is 20.5 Å². The number of fused-ring (bicyclic) bond motifs is 9. The fraction of sp³-hybridized carbons (Fsp3) is 0.0588. The normalized spacial score (nSPS) is 17.4. The standard InChI is InChI=1S/C51H36N4OS/c1-3-12-31(13-4-1)49-52-50(32-14-5-2-6-15-32)54-51(53-49)34-23-26-40-45(28-34)56-44-21-11-18-36(48(40)44)33-22-25-39-41-30-35(24-27-46(41)57-47(39)29-33)55-42-19-9-7-16-37(42)38-17-8-10-20-43(38)55/h1-30,49-54H. The van der Waals surface area contributed by atoms with E-state index < -0.39 is 0 Å². The van der Waals surface area contributed by atoms with Gasteiger partial charge in [-0.3, -0.25) is 16.0 Å². The van der Waals surface area contributed by atoms with Crippen molar-refractivity contribution in [2.24, 2.45) is 0 Å². The predicted octanol–water partition coefficient (Wildman–Crippen LogP) is 12.9. The zero-order valence-electron chi connectivity index (χ0n) is 30.8. The zero-order valence-corrected chi connectivity index (χ0v) is 31.6. The molecule has 3 aromatic heterocycles. The van der Waals surface area contributed by atoms with Gasteiger partial charge in [0.05, 0.1) is 29.5 Å². The molecule has 1 saturated heterocycles. The minimum atomic E-state index is -0.107. The average molecular weight is 753 g/mol. The second-order valence-electron chi connectivity index (χ2n) is 15.0. The van der Waals surface area contributed by atoms with E-state index >= 15 is 0 Å². The summed E-state index contributed by atoms with van der Waals surface area (Å²) in [6.07, 6.45) is -0.182. The summed E-state index contributed by atoms with van der Waals surface area (Å²) in [5.41, 5.74) is 11.3. The molecule has 8 aromatic carbocycles. The van der Waals surface area contributed by atoms with Gasteiger partial charge in [0.15, 0.2) is 0 Å². The largest absolute Gasteiger partial charge is 0.456 e. The summed E-state index contributed by atoms with van der Waals surface area (Å²) >= 11 is 1.86. The van der Waals surface area contributed by atoms with Crippen LogP contribution in [0.3, 0.4) is 0 Å². The Hall–Kier alpha value is -6.54. The Morgan fingerprint density at radius 3 is 1.75 bits per heavy atom. The van der Waals surface area contributed by atoms with Crippen molar-refractivity contribution in [2.75, 3.05) is 0 Å². The molecule has 12 rings (SSSR count). The highest BCUT2D eigenvalue weighted by atomic mass is 32.1. The highest BCUT2D eigenvalue weighted by Crippen LogP contribution is 2.42. The molecule has 0 amide bonds. The Morgan fingerprint density at radius 2 is 1.05 bits per heavy atom. The monoisotopic (exact) mass is 752 g/mol. The molecule has 2 atom stereocenters. The van der Waals surface area contributed by atoms with Crippen LogP contribution in [0.1, 0.15) is 35.2 Å². The quantitative estimate of drug-likeness (QED) is 0.164. The molecule has 0 bridgehead atoms. The van der Waals surface area contributed by atoms with Gasteiger partial charge < -0.3 is 8.98 Å². The molecular weight excluding hydrogens is 717 g/mol. The number of nitrogens with zero attached hydrogens (tertiary/aromatic N) is 1. The fourth-order valence-electron chi connectivity index (χ4n) is 9.05. The Bertz CT molecular complexity index is 3210. The number of rotatable bonds is 5. The lowest BCUT2D eigenvalue weighted by atomic mass is 9.97. The number of aromatic nitrogens is 1. The van der Waals surface area contributed by atoms with Crippen molar-refractivity contribution in [3.63, 3.8) is 0 Å². The van der Waals surface area contributed by atoms with E-state index in [0.29, 0.717) is 0 Å². The molecular formula is C51H36N4OS. The highest BCUT2D eigenvalue weighted by molar-refractivity contribution is 7.25. The molecule has 11 aromatic rings. The van der Waals surface area contributed by atoms with Gasteiger partial charge in [0.2, 0.25) is 0 Å². The van der Waals surface area contributed by atoms with Crippen LogP contribution in [0.2, 0.25) is 0 Å². The first kappa shape index (κ1) is 32.7. The van der Waals surface area contributed by atoms with Gasteiger partial charge in [-0.15, -0.1) is 11.3 Å². The maximum Gasteiger partial charge on any atom is 0.136 e. The molecule has 0 aliphatic carbocycles. The Morgan fingerprint density at radius 1 is 0.421 bits per heavy atom. The molecule has 0 saturated carbocycles. The van der Waals surface area contributed by atoms with Gasteiger partial charge in [0.1, 0.15) is 11.2 Å². The van der Waals surface area contributed by atoms with E-state index in [0.717, 1.165) is 27.5 Å². The van der Waals surface area contributed by atoms with E-state index in [1.54, 1.807) is 0 Å². The summed E-state index contributed by atoms with van der Waals surface area (Å²) in [7, 11) is 0. The van der Waals surface area contributed by atoms with Gasteiger partial charge in [-0.05, 0) is 76.3 Å². The fourth-order valence-corrected chi connectivity index (χ4v) is 10.2. The van der Waals surface area contributed by atoms with Crippen molar-refractivity contribution in [2.45, 2.75) is 18.5 Å². The molecule has 272 valence electrons. The molecule has 6 heteroatoms. The van der Waals surface area contributed by atoms with Crippen LogP contribution in [-0.4, -0.2) is 4.57 Å². The lowest BCUT2D eigenvalue weighted by Crippen LogP contribution is -2.54. The van der Waals surface area contributed by atoms with E-state index in [2.05, 4.69) is 203 Å². The summed E-state index contributed by atoms with van der Waals surface area (Å²) in [6.45, 7) is 0. The topological polar surface area (TPSA) is 54.2 Å². The third-order valence-corrected chi connectivity index (χ3v) is 12.9. The maximum atomic E-state index is 6.64. The second-order valence-corrected chi connectivity index (χ2v) is 16.1. The van der Waals surface area contributed by atoms with E-state index in [9.17, 15) is 0 Å². The molecule has 4 heterocycles. The molecule has 2 unspecified atom stereocenters. The van der Waals surface area contributed by atoms with E-state index in [1.807, 2.05) is 11.3 Å². The van der Waals surface area contributed by atoms with Crippen LogP contribution in [0.25, 0.3) is 80.7 Å². The Balaban J connectivity index is 0.922. The molecule has 1 aliphatic heterocycles. The summed E-state index contributed by atoms with van der Waals surface area (Å²) in [5.74, 6) is 0. The molecule has 57 heavy (non-hydrogen) atoms. The number of furan rings is 1. The molecule has 5 nitrogen and oxygen atoms in total.